The van der Waals surface area contributed by atoms with Crippen molar-refractivity contribution in [2.75, 3.05) is 5.75 Å². The van der Waals surface area contributed by atoms with Crippen molar-refractivity contribution in [1.82, 2.24) is 4.90 Å². The fourth-order valence-electron chi connectivity index (χ4n) is 4.57. The quantitative estimate of drug-likeness (QED) is 0.336. The third-order valence-electron chi connectivity index (χ3n) is 6.39. The molecule has 2 aromatic carbocycles. The molecule has 3 rings (SSSR count). The molecule has 0 unspecified atom stereocenters. The zero-order valence-electron chi connectivity index (χ0n) is 21.0. The summed E-state index contributed by atoms with van der Waals surface area (Å²) in [5.74, 6) is 0.356. The van der Waals surface area contributed by atoms with Crippen molar-refractivity contribution in [2.24, 2.45) is 0 Å². The van der Waals surface area contributed by atoms with E-state index in [-0.39, 0.29) is 24.8 Å². The summed E-state index contributed by atoms with van der Waals surface area (Å²) < 4.78 is 25.2. The van der Waals surface area contributed by atoms with Crippen LogP contribution in [0.5, 0.6) is 0 Å². The molecular weight excluding hydrogens is 446 g/mol. The van der Waals surface area contributed by atoms with E-state index < -0.39 is 16.5 Å². The Morgan fingerprint density at radius 1 is 1.03 bits per heavy atom. The highest BCUT2D eigenvalue weighted by Gasteiger charge is 2.50. The molecule has 0 bridgehead atoms. The molecule has 2 aromatic rings. The van der Waals surface area contributed by atoms with Crippen LogP contribution in [0.25, 0.3) is 0 Å². The number of ether oxygens (including phenoxy) is 2. The molecule has 1 aliphatic heterocycles. The fraction of sp³-hybridized carbons (Fsp3) is 0.536. The number of rotatable bonds is 11. The van der Waals surface area contributed by atoms with E-state index >= 15 is 0 Å². The predicted molar refractivity (Wildman–Crippen MR) is 137 cm³/mol. The minimum atomic E-state index is -1.21. The van der Waals surface area contributed by atoms with Crippen molar-refractivity contribution >= 4 is 16.9 Å². The lowest BCUT2D eigenvalue weighted by atomic mass is 10.0. The van der Waals surface area contributed by atoms with E-state index in [4.69, 9.17) is 9.47 Å². The van der Waals surface area contributed by atoms with Gasteiger partial charge in [0, 0.05) is 4.90 Å². The minimum absolute atomic E-state index is 0.172. The largest absolute Gasteiger partial charge is 0.444 e. The first-order chi connectivity index (χ1) is 16.3. The zero-order valence-corrected chi connectivity index (χ0v) is 21.8. The molecule has 5 nitrogen and oxygen atoms in total. The van der Waals surface area contributed by atoms with Gasteiger partial charge >= 0.3 is 6.09 Å². The summed E-state index contributed by atoms with van der Waals surface area (Å²) in [4.78, 5) is 15.8. The SMILES string of the molecule is CCCCCCC[C@@H]1[C@@H](C[S@@](=O)c2ccc(C)cc2)OC(C)(C)N1C(=O)OCc1ccccc1. The molecule has 1 amide bonds. The summed E-state index contributed by atoms with van der Waals surface area (Å²) in [6.07, 6.45) is 5.83. The number of unbranched alkanes of at least 4 members (excludes halogenated alkanes) is 4. The van der Waals surface area contributed by atoms with Gasteiger partial charge in [0.1, 0.15) is 12.3 Å². The summed E-state index contributed by atoms with van der Waals surface area (Å²) in [6, 6.07) is 17.3. The van der Waals surface area contributed by atoms with E-state index in [9.17, 15) is 9.00 Å². The van der Waals surface area contributed by atoms with Crippen molar-refractivity contribution in [1.29, 1.82) is 0 Å². The van der Waals surface area contributed by atoms with Crippen LogP contribution in [0.3, 0.4) is 0 Å². The second-order valence-corrected chi connectivity index (χ2v) is 11.1. The molecule has 0 spiro atoms. The Kier molecular flexibility index (Phi) is 9.72. The van der Waals surface area contributed by atoms with Crippen LogP contribution in [-0.2, 0) is 26.9 Å². The highest BCUT2D eigenvalue weighted by atomic mass is 32.2. The number of benzene rings is 2. The summed E-state index contributed by atoms with van der Waals surface area (Å²) >= 11 is 0. The molecule has 1 fully saturated rings. The van der Waals surface area contributed by atoms with E-state index in [1.54, 1.807) is 4.90 Å². The lowest BCUT2D eigenvalue weighted by molar-refractivity contribution is -0.0660. The van der Waals surface area contributed by atoms with Crippen molar-refractivity contribution in [3.8, 4) is 0 Å². The van der Waals surface area contributed by atoms with Gasteiger partial charge in [0.25, 0.3) is 0 Å². The lowest BCUT2D eigenvalue weighted by Crippen LogP contribution is -2.48. The number of carbonyl (C=O) groups is 1. The Morgan fingerprint density at radius 2 is 1.71 bits per heavy atom. The normalized spacial score (nSPS) is 20.3. The summed E-state index contributed by atoms with van der Waals surface area (Å²) in [6.45, 7) is 8.23. The van der Waals surface area contributed by atoms with Crippen LogP contribution in [0.1, 0.15) is 70.4 Å². The van der Waals surface area contributed by atoms with Gasteiger partial charge in [-0.05, 0) is 44.9 Å². The molecule has 6 heteroatoms. The van der Waals surface area contributed by atoms with E-state index in [2.05, 4.69) is 6.92 Å². The number of hydrogen-bond donors (Lipinski definition) is 0. The molecule has 1 aliphatic rings. The van der Waals surface area contributed by atoms with Crippen LogP contribution in [0.4, 0.5) is 4.79 Å². The number of amides is 1. The van der Waals surface area contributed by atoms with Gasteiger partial charge < -0.3 is 9.47 Å². The van der Waals surface area contributed by atoms with E-state index in [1.165, 1.54) is 19.3 Å². The maximum absolute atomic E-state index is 13.3. The standard InChI is InChI=1S/C28H39NO4S/c1-5-6-7-8-12-15-25-26(21-34(31)24-18-16-22(2)17-19-24)33-28(3,4)29(25)27(30)32-20-23-13-10-9-11-14-23/h9-11,13-14,16-19,25-26H,5-8,12,15,20-21H2,1-4H3/t25-,26-,34-/m1/s1. The van der Waals surface area contributed by atoms with Crippen LogP contribution < -0.4 is 0 Å². The molecular formula is C28H39NO4S. The van der Waals surface area contributed by atoms with Crippen molar-refractivity contribution in [3.05, 3.63) is 65.7 Å². The molecule has 0 saturated carbocycles. The maximum atomic E-state index is 13.3. The van der Waals surface area contributed by atoms with E-state index in [0.29, 0.717) is 5.75 Å². The molecule has 34 heavy (non-hydrogen) atoms. The molecule has 1 saturated heterocycles. The van der Waals surface area contributed by atoms with Crippen molar-refractivity contribution < 1.29 is 18.5 Å². The monoisotopic (exact) mass is 485 g/mol. The van der Waals surface area contributed by atoms with Crippen LogP contribution in [0.2, 0.25) is 0 Å². The Balaban J connectivity index is 1.73. The molecule has 0 aliphatic carbocycles. The maximum Gasteiger partial charge on any atom is 0.412 e. The summed E-state index contributed by atoms with van der Waals surface area (Å²) in [5, 5.41) is 0. The highest BCUT2D eigenvalue weighted by molar-refractivity contribution is 7.85. The average molecular weight is 486 g/mol. The van der Waals surface area contributed by atoms with E-state index in [1.807, 2.05) is 75.4 Å². The number of aryl methyl sites for hydroxylation is 1. The third-order valence-corrected chi connectivity index (χ3v) is 7.81. The third kappa shape index (κ3) is 7.16. The zero-order chi connectivity index (χ0) is 24.6. The highest BCUT2D eigenvalue weighted by Crippen LogP contribution is 2.36. The molecule has 0 N–H and O–H groups in total. The predicted octanol–water partition coefficient (Wildman–Crippen LogP) is 6.61. The van der Waals surface area contributed by atoms with Crippen LogP contribution >= 0.6 is 0 Å². The van der Waals surface area contributed by atoms with Crippen molar-refractivity contribution in [3.63, 3.8) is 0 Å². The topological polar surface area (TPSA) is 55.8 Å². The Labute approximate surface area is 207 Å². The molecule has 3 atom stereocenters. The molecule has 0 aromatic heterocycles. The van der Waals surface area contributed by atoms with Crippen LogP contribution in [-0.4, -0.2) is 38.8 Å². The average Bonchev–Trinajstić information content (AvgIpc) is 3.07. The Morgan fingerprint density at radius 3 is 2.38 bits per heavy atom. The first-order valence-corrected chi connectivity index (χ1v) is 13.8. The molecule has 0 radical (unpaired) electrons. The van der Waals surface area contributed by atoms with Crippen LogP contribution in [0.15, 0.2) is 59.5 Å². The second kappa shape index (κ2) is 12.5. The van der Waals surface area contributed by atoms with Crippen LogP contribution in [0, 0.1) is 6.92 Å². The summed E-state index contributed by atoms with van der Waals surface area (Å²) in [7, 11) is -1.21. The Hall–Kier alpha value is -2.18. The fourth-order valence-corrected chi connectivity index (χ4v) is 5.79. The van der Waals surface area contributed by atoms with Gasteiger partial charge in [-0.15, -0.1) is 0 Å². The number of hydrogen-bond acceptors (Lipinski definition) is 4. The first-order valence-electron chi connectivity index (χ1n) is 12.4. The second-order valence-electron chi connectivity index (χ2n) is 9.61. The van der Waals surface area contributed by atoms with Gasteiger partial charge in [0.2, 0.25) is 0 Å². The molecule has 1 heterocycles. The van der Waals surface area contributed by atoms with Gasteiger partial charge in [0.05, 0.1) is 28.7 Å². The van der Waals surface area contributed by atoms with E-state index in [0.717, 1.165) is 35.3 Å². The first kappa shape index (κ1) is 26.4. The van der Waals surface area contributed by atoms with Gasteiger partial charge in [-0.3, -0.25) is 9.11 Å². The Bertz CT molecular complexity index is 929. The van der Waals surface area contributed by atoms with Crippen molar-refractivity contribution in [2.45, 2.75) is 95.6 Å². The number of carbonyl (C=O) groups excluding carboxylic acids is 1. The lowest BCUT2D eigenvalue weighted by Gasteiger charge is -2.33. The number of nitrogens with zero attached hydrogens (tertiary/aromatic N) is 1. The minimum Gasteiger partial charge on any atom is -0.444 e. The smallest absolute Gasteiger partial charge is 0.412 e. The summed E-state index contributed by atoms with van der Waals surface area (Å²) in [5.41, 5.74) is 1.25. The van der Waals surface area contributed by atoms with Gasteiger partial charge in [-0.2, -0.15) is 0 Å². The van der Waals surface area contributed by atoms with Gasteiger partial charge in [0.15, 0.2) is 0 Å². The van der Waals surface area contributed by atoms with Gasteiger partial charge in [-0.25, -0.2) is 4.79 Å². The molecule has 186 valence electrons. The van der Waals surface area contributed by atoms with Gasteiger partial charge in [-0.1, -0.05) is 87.1 Å².